The van der Waals surface area contributed by atoms with E-state index in [2.05, 4.69) is 10.6 Å². The molecular formula is C15H17FN2O3S. The minimum atomic E-state index is -1.15. The van der Waals surface area contributed by atoms with E-state index in [9.17, 15) is 14.3 Å². The standard InChI is InChI=1S/C15H17FN2O3S/c1-15(21,11-4-5-22-8-11)9-18-14(20)17-7-10-2-3-13(19)12(16)6-10/h2-6,8,19,21H,7,9H2,1H3,(H2,17,18,20). The maximum Gasteiger partial charge on any atom is 0.315 e. The Balaban J connectivity index is 1.82. The summed E-state index contributed by atoms with van der Waals surface area (Å²) in [7, 11) is 0. The Bertz CT molecular complexity index is 644. The van der Waals surface area contributed by atoms with Crippen LogP contribution in [-0.2, 0) is 12.1 Å². The van der Waals surface area contributed by atoms with E-state index in [-0.39, 0.29) is 13.1 Å². The molecule has 1 aromatic heterocycles. The molecule has 2 amide bonds. The van der Waals surface area contributed by atoms with Crippen LogP contribution in [0.1, 0.15) is 18.1 Å². The first-order valence-corrected chi connectivity index (χ1v) is 7.57. The minimum absolute atomic E-state index is 0.0551. The molecule has 1 aromatic carbocycles. The number of thiophene rings is 1. The molecule has 2 rings (SSSR count). The molecule has 22 heavy (non-hydrogen) atoms. The van der Waals surface area contributed by atoms with Crippen LogP contribution in [0.2, 0.25) is 0 Å². The van der Waals surface area contributed by atoms with Gasteiger partial charge >= 0.3 is 6.03 Å². The second-order valence-corrected chi connectivity index (χ2v) is 5.89. The van der Waals surface area contributed by atoms with E-state index in [1.807, 2.05) is 10.8 Å². The number of aromatic hydroxyl groups is 1. The molecule has 1 heterocycles. The Kier molecular flexibility index (Phi) is 4.99. The molecule has 0 radical (unpaired) electrons. The zero-order chi connectivity index (χ0) is 16.2. The first-order valence-electron chi connectivity index (χ1n) is 6.62. The smallest absolute Gasteiger partial charge is 0.315 e. The van der Waals surface area contributed by atoms with Gasteiger partial charge in [0.2, 0.25) is 0 Å². The molecule has 0 bridgehead atoms. The molecule has 0 aliphatic heterocycles. The maximum atomic E-state index is 13.2. The Morgan fingerprint density at radius 1 is 1.36 bits per heavy atom. The fraction of sp³-hybridized carbons (Fsp3) is 0.267. The normalized spacial score (nSPS) is 13.4. The van der Waals surface area contributed by atoms with Gasteiger partial charge in [-0.25, -0.2) is 9.18 Å². The van der Waals surface area contributed by atoms with Crippen molar-refractivity contribution in [1.82, 2.24) is 10.6 Å². The molecule has 0 saturated carbocycles. The summed E-state index contributed by atoms with van der Waals surface area (Å²) >= 11 is 1.47. The summed E-state index contributed by atoms with van der Waals surface area (Å²) in [6.07, 6.45) is 0. The summed E-state index contributed by atoms with van der Waals surface area (Å²) in [6.45, 7) is 1.79. The van der Waals surface area contributed by atoms with Crippen LogP contribution < -0.4 is 10.6 Å². The zero-order valence-electron chi connectivity index (χ0n) is 12.0. The number of benzene rings is 1. The molecular weight excluding hydrogens is 307 g/mol. The fourth-order valence-corrected chi connectivity index (χ4v) is 2.61. The lowest BCUT2D eigenvalue weighted by molar-refractivity contribution is 0.0598. The lowest BCUT2D eigenvalue weighted by Crippen LogP contribution is -2.43. The highest BCUT2D eigenvalue weighted by atomic mass is 32.1. The number of rotatable bonds is 5. The van der Waals surface area contributed by atoms with Crippen LogP contribution in [0.5, 0.6) is 5.75 Å². The Hall–Kier alpha value is -2.12. The molecule has 0 saturated heterocycles. The van der Waals surface area contributed by atoms with Crippen LogP contribution in [0, 0.1) is 5.82 Å². The van der Waals surface area contributed by atoms with Crippen molar-refractivity contribution >= 4 is 17.4 Å². The molecule has 5 nitrogen and oxygen atoms in total. The number of carbonyl (C=O) groups is 1. The van der Waals surface area contributed by atoms with E-state index in [0.717, 1.165) is 11.6 Å². The second kappa shape index (κ2) is 6.76. The quantitative estimate of drug-likeness (QED) is 0.681. The number of amides is 2. The predicted octanol–water partition coefficient (Wildman–Crippen LogP) is 2.30. The number of carbonyl (C=O) groups excluding carboxylic acids is 1. The largest absolute Gasteiger partial charge is 0.505 e. The van der Waals surface area contributed by atoms with Crippen molar-refractivity contribution in [2.45, 2.75) is 19.1 Å². The molecule has 118 valence electrons. The van der Waals surface area contributed by atoms with Gasteiger partial charge in [0, 0.05) is 6.54 Å². The number of hydrogen-bond acceptors (Lipinski definition) is 4. The van der Waals surface area contributed by atoms with E-state index in [4.69, 9.17) is 5.11 Å². The summed E-state index contributed by atoms with van der Waals surface area (Å²) in [5, 5.41) is 28.1. The number of urea groups is 1. The first kappa shape index (κ1) is 16.3. The lowest BCUT2D eigenvalue weighted by atomic mass is 9.99. The van der Waals surface area contributed by atoms with Crippen molar-refractivity contribution in [3.05, 3.63) is 52.0 Å². The third-order valence-electron chi connectivity index (χ3n) is 3.20. The van der Waals surface area contributed by atoms with Crippen molar-refractivity contribution in [3.63, 3.8) is 0 Å². The summed E-state index contributed by atoms with van der Waals surface area (Å²) in [5.74, 6) is -1.17. The molecule has 7 heteroatoms. The molecule has 0 aliphatic carbocycles. The fourth-order valence-electron chi connectivity index (χ4n) is 1.83. The van der Waals surface area contributed by atoms with Crippen LogP contribution in [0.25, 0.3) is 0 Å². The molecule has 0 aliphatic rings. The van der Waals surface area contributed by atoms with Gasteiger partial charge in [-0.3, -0.25) is 0 Å². The third kappa shape index (κ3) is 4.19. The summed E-state index contributed by atoms with van der Waals surface area (Å²) in [6, 6.07) is 5.22. The van der Waals surface area contributed by atoms with Crippen LogP contribution in [-0.4, -0.2) is 22.8 Å². The van der Waals surface area contributed by atoms with Gasteiger partial charge in [-0.1, -0.05) is 6.07 Å². The van der Waals surface area contributed by atoms with Crippen molar-refractivity contribution in [1.29, 1.82) is 0 Å². The number of nitrogens with one attached hydrogen (secondary N) is 2. The van der Waals surface area contributed by atoms with Gasteiger partial charge < -0.3 is 20.8 Å². The molecule has 1 unspecified atom stereocenters. The van der Waals surface area contributed by atoms with E-state index in [1.54, 1.807) is 13.0 Å². The minimum Gasteiger partial charge on any atom is -0.505 e. The molecule has 2 aromatic rings. The molecule has 4 N–H and O–H groups in total. The zero-order valence-corrected chi connectivity index (χ0v) is 12.8. The lowest BCUT2D eigenvalue weighted by Gasteiger charge is -2.22. The highest BCUT2D eigenvalue weighted by molar-refractivity contribution is 7.08. The first-order chi connectivity index (χ1) is 10.4. The number of aliphatic hydroxyl groups is 1. The van der Waals surface area contributed by atoms with Gasteiger partial charge in [-0.05, 0) is 47.0 Å². The van der Waals surface area contributed by atoms with Crippen LogP contribution >= 0.6 is 11.3 Å². The Morgan fingerprint density at radius 2 is 2.14 bits per heavy atom. The van der Waals surface area contributed by atoms with Crippen molar-refractivity contribution in [3.8, 4) is 5.75 Å². The molecule has 0 spiro atoms. The number of phenols is 1. The topological polar surface area (TPSA) is 81.6 Å². The molecule has 1 atom stereocenters. The average Bonchev–Trinajstić information content (AvgIpc) is 3.01. The van der Waals surface area contributed by atoms with Gasteiger partial charge in [-0.2, -0.15) is 11.3 Å². The predicted molar refractivity (Wildman–Crippen MR) is 82.2 cm³/mol. The monoisotopic (exact) mass is 324 g/mol. The summed E-state index contributed by atoms with van der Waals surface area (Å²) in [4.78, 5) is 11.7. The van der Waals surface area contributed by atoms with Gasteiger partial charge in [-0.15, -0.1) is 0 Å². The highest BCUT2D eigenvalue weighted by Crippen LogP contribution is 2.22. The Morgan fingerprint density at radius 3 is 2.77 bits per heavy atom. The van der Waals surface area contributed by atoms with E-state index < -0.39 is 23.2 Å². The average molecular weight is 324 g/mol. The summed E-state index contributed by atoms with van der Waals surface area (Å²) < 4.78 is 13.2. The Labute approximate surface area is 131 Å². The number of halogens is 1. The van der Waals surface area contributed by atoms with Crippen LogP contribution in [0.3, 0.4) is 0 Å². The number of hydrogen-bond donors (Lipinski definition) is 4. The van der Waals surface area contributed by atoms with Crippen molar-refractivity contribution in [2.24, 2.45) is 0 Å². The van der Waals surface area contributed by atoms with E-state index in [1.165, 1.54) is 23.5 Å². The van der Waals surface area contributed by atoms with Crippen LogP contribution in [0.4, 0.5) is 9.18 Å². The SMILES string of the molecule is CC(O)(CNC(=O)NCc1ccc(O)c(F)c1)c1ccsc1. The summed E-state index contributed by atoms with van der Waals surface area (Å²) in [5.41, 5.74) is 0.107. The molecule has 0 fully saturated rings. The third-order valence-corrected chi connectivity index (χ3v) is 3.88. The van der Waals surface area contributed by atoms with E-state index in [0.29, 0.717) is 5.56 Å². The van der Waals surface area contributed by atoms with E-state index >= 15 is 0 Å². The van der Waals surface area contributed by atoms with Crippen molar-refractivity contribution < 1.29 is 19.4 Å². The second-order valence-electron chi connectivity index (χ2n) is 5.11. The maximum absolute atomic E-state index is 13.2. The van der Waals surface area contributed by atoms with Gasteiger partial charge in [0.25, 0.3) is 0 Å². The van der Waals surface area contributed by atoms with Gasteiger partial charge in [0.15, 0.2) is 11.6 Å². The number of phenolic OH excluding ortho intramolecular Hbond substituents is 1. The van der Waals surface area contributed by atoms with Crippen molar-refractivity contribution in [2.75, 3.05) is 6.54 Å². The van der Waals surface area contributed by atoms with Crippen LogP contribution in [0.15, 0.2) is 35.0 Å². The highest BCUT2D eigenvalue weighted by Gasteiger charge is 2.24. The van der Waals surface area contributed by atoms with Gasteiger partial charge in [0.1, 0.15) is 5.60 Å². The van der Waals surface area contributed by atoms with Gasteiger partial charge in [0.05, 0.1) is 6.54 Å².